The Balaban J connectivity index is 1.79. The number of urea groups is 1. The number of pyridine rings is 1. The van der Waals surface area contributed by atoms with Crippen LogP contribution in [-0.4, -0.2) is 23.0 Å². The molecule has 5 heteroatoms. The van der Waals surface area contributed by atoms with Crippen LogP contribution in [-0.2, 0) is 13.0 Å². The molecule has 0 spiro atoms. The zero-order valence-electron chi connectivity index (χ0n) is 12.0. The Morgan fingerprint density at radius 2 is 1.81 bits per heavy atom. The van der Waals surface area contributed by atoms with Crippen LogP contribution in [0.25, 0.3) is 0 Å². The lowest BCUT2D eigenvalue weighted by Gasteiger charge is -2.08. The van der Waals surface area contributed by atoms with E-state index in [-0.39, 0.29) is 6.03 Å². The van der Waals surface area contributed by atoms with Gasteiger partial charge in [-0.05, 0) is 53.8 Å². The van der Waals surface area contributed by atoms with E-state index >= 15 is 0 Å². The quantitative estimate of drug-likeness (QED) is 0.860. The van der Waals surface area contributed by atoms with Gasteiger partial charge in [-0.25, -0.2) is 4.79 Å². The number of rotatable bonds is 6. The van der Waals surface area contributed by atoms with Gasteiger partial charge in [-0.15, -0.1) is 0 Å². The highest BCUT2D eigenvalue weighted by Crippen LogP contribution is 2.11. The van der Waals surface area contributed by atoms with Crippen molar-refractivity contribution in [1.29, 1.82) is 0 Å². The number of benzene rings is 1. The van der Waals surface area contributed by atoms with E-state index in [1.165, 1.54) is 5.56 Å². The molecule has 0 aliphatic heterocycles. The summed E-state index contributed by atoms with van der Waals surface area (Å²) in [6.07, 6.45) is 6.57. The summed E-state index contributed by atoms with van der Waals surface area (Å²) in [6.45, 7) is 0.486. The first-order valence-corrected chi connectivity index (χ1v) is 8.19. The molecular formula is C16H19N3OS. The summed E-state index contributed by atoms with van der Waals surface area (Å²) < 4.78 is 0. The van der Waals surface area contributed by atoms with Gasteiger partial charge in [0.05, 0.1) is 0 Å². The van der Waals surface area contributed by atoms with Crippen molar-refractivity contribution in [3.05, 3.63) is 59.9 Å². The Labute approximate surface area is 129 Å². The van der Waals surface area contributed by atoms with Crippen LogP contribution >= 0.6 is 11.8 Å². The minimum absolute atomic E-state index is 0.205. The van der Waals surface area contributed by atoms with Crippen LogP contribution in [0.4, 0.5) is 10.5 Å². The van der Waals surface area contributed by atoms with E-state index in [9.17, 15) is 4.79 Å². The van der Waals surface area contributed by atoms with Gasteiger partial charge in [-0.1, -0.05) is 12.1 Å². The number of aromatic nitrogens is 1. The fourth-order valence-electron chi connectivity index (χ4n) is 1.83. The van der Waals surface area contributed by atoms with Gasteiger partial charge in [-0.3, -0.25) is 4.98 Å². The highest BCUT2D eigenvalue weighted by Gasteiger charge is 2.02. The molecule has 0 atom stereocenters. The first-order valence-electron chi connectivity index (χ1n) is 6.79. The van der Waals surface area contributed by atoms with Crippen molar-refractivity contribution in [2.45, 2.75) is 13.0 Å². The first kappa shape index (κ1) is 15.4. The lowest BCUT2D eigenvalue weighted by atomic mass is 10.1. The van der Waals surface area contributed by atoms with Gasteiger partial charge in [0.25, 0.3) is 0 Å². The van der Waals surface area contributed by atoms with Crippen LogP contribution < -0.4 is 10.6 Å². The third kappa shape index (κ3) is 5.47. The summed E-state index contributed by atoms with van der Waals surface area (Å²) in [5.41, 5.74) is 3.11. The van der Waals surface area contributed by atoms with E-state index in [1.807, 2.05) is 36.0 Å². The van der Waals surface area contributed by atoms with E-state index in [1.54, 1.807) is 12.4 Å². The molecular weight excluding hydrogens is 282 g/mol. The standard InChI is InChI=1S/C16H19N3OS/c1-21-11-8-13-2-4-15(5-3-13)19-16(20)18-12-14-6-9-17-10-7-14/h2-7,9-10H,8,11-12H2,1H3,(H2,18,19,20). The predicted molar refractivity (Wildman–Crippen MR) is 88.6 cm³/mol. The van der Waals surface area contributed by atoms with Gasteiger partial charge in [0.1, 0.15) is 0 Å². The van der Waals surface area contributed by atoms with E-state index in [2.05, 4.69) is 34.0 Å². The second-order valence-electron chi connectivity index (χ2n) is 4.60. The molecule has 2 amide bonds. The van der Waals surface area contributed by atoms with Crippen molar-refractivity contribution in [2.75, 3.05) is 17.3 Å². The van der Waals surface area contributed by atoms with Crippen molar-refractivity contribution in [3.63, 3.8) is 0 Å². The molecule has 0 unspecified atom stereocenters. The second kappa shape index (κ2) is 8.32. The molecule has 1 aromatic heterocycles. The van der Waals surface area contributed by atoms with Crippen LogP contribution in [0, 0.1) is 0 Å². The Kier molecular flexibility index (Phi) is 6.09. The monoisotopic (exact) mass is 301 g/mol. The number of thioether (sulfide) groups is 1. The van der Waals surface area contributed by atoms with Crippen molar-refractivity contribution < 1.29 is 4.79 Å². The van der Waals surface area contributed by atoms with Gasteiger partial charge in [0, 0.05) is 24.6 Å². The fraction of sp³-hybridized carbons (Fsp3) is 0.250. The Morgan fingerprint density at radius 1 is 1.10 bits per heavy atom. The summed E-state index contributed by atoms with van der Waals surface area (Å²) in [7, 11) is 0. The van der Waals surface area contributed by atoms with E-state index < -0.39 is 0 Å². The van der Waals surface area contributed by atoms with Crippen LogP contribution in [0.15, 0.2) is 48.8 Å². The summed E-state index contributed by atoms with van der Waals surface area (Å²) in [4.78, 5) is 15.7. The number of amides is 2. The minimum Gasteiger partial charge on any atom is -0.334 e. The molecule has 0 bridgehead atoms. The maximum absolute atomic E-state index is 11.8. The molecule has 21 heavy (non-hydrogen) atoms. The van der Waals surface area contributed by atoms with Crippen molar-refractivity contribution in [2.24, 2.45) is 0 Å². The SMILES string of the molecule is CSCCc1ccc(NC(=O)NCc2ccncc2)cc1. The maximum atomic E-state index is 11.8. The van der Waals surface area contributed by atoms with Crippen molar-refractivity contribution in [3.8, 4) is 0 Å². The Bertz CT molecular complexity index is 557. The van der Waals surface area contributed by atoms with Crippen molar-refractivity contribution >= 4 is 23.5 Å². The molecule has 110 valence electrons. The number of carbonyl (C=O) groups is 1. The van der Waals surface area contributed by atoms with E-state index in [0.717, 1.165) is 23.4 Å². The number of nitrogens with one attached hydrogen (secondary N) is 2. The van der Waals surface area contributed by atoms with Gasteiger partial charge in [0.2, 0.25) is 0 Å². The van der Waals surface area contributed by atoms with Gasteiger partial charge >= 0.3 is 6.03 Å². The minimum atomic E-state index is -0.205. The van der Waals surface area contributed by atoms with E-state index in [4.69, 9.17) is 0 Å². The van der Waals surface area contributed by atoms with Gasteiger partial charge in [-0.2, -0.15) is 11.8 Å². The number of anilines is 1. The number of carbonyl (C=O) groups excluding carboxylic acids is 1. The molecule has 1 aromatic carbocycles. The summed E-state index contributed by atoms with van der Waals surface area (Å²) in [6, 6.07) is 11.5. The topological polar surface area (TPSA) is 54.0 Å². The summed E-state index contributed by atoms with van der Waals surface area (Å²) in [5, 5.41) is 5.64. The molecule has 0 aliphatic rings. The van der Waals surface area contributed by atoms with Crippen LogP contribution in [0.2, 0.25) is 0 Å². The largest absolute Gasteiger partial charge is 0.334 e. The number of hydrogen-bond acceptors (Lipinski definition) is 3. The molecule has 0 saturated heterocycles. The third-order valence-corrected chi connectivity index (χ3v) is 3.62. The predicted octanol–water partition coefficient (Wildman–Crippen LogP) is 3.31. The molecule has 1 heterocycles. The lowest BCUT2D eigenvalue weighted by molar-refractivity contribution is 0.251. The molecule has 0 saturated carbocycles. The molecule has 2 rings (SSSR count). The highest BCUT2D eigenvalue weighted by atomic mass is 32.2. The maximum Gasteiger partial charge on any atom is 0.319 e. The van der Waals surface area contributed by atoms with Crippen molar-refractivity contribution in [1.82, 2.24) is 10.3 Å². The molecule has 2 N–H and O–H groups in total. The average Bonchev–Trinajstić information content (AvgIpc) is 2.53. The number of aryl methyl sites for hydroxylation is 1. The molecule has 4 nitrogen and oxygen atoms in total. The summed E-state index contributed by atoms with van der Waals surface area (Å²) in [5.74, 6) is 1.11. The van der Waals surface area contributed by atoms with E-state index in [0.29, 0.717) is 6.54 Å². The smallest absolute Gasteiger partial charge is 0.319 e. The second-order valence-corrected chi connectivity index (χ2v) is 5.59. The average molecular weight is 301 g/mol. The first-order chi connectivity index (χ1) is 10.3. The van der Waals surface area contributed by atoms with Crippen LogP contribution in [0.5, 0.6) is 0 Å². The number of hydrogen-bond donors (Lipinski definition) is 2. The number of nitrogens with zero attached hydrogens (tertiary/aromatic N) is 1. The third-order valence-electron chi connectivity index (χ3n) is 3.01. The zero-order chi connectivity index (χ0) is 14.9. The highest BCUT2D eigenvalue weighted by molar-refractivity contribution is 7.98. The normalized spacial score (nSPS) is 10.1. The molecule has 0 fully saturated rings. The van der Waals surface area contributed by atoms with Gasteiger partial charge in [0.15, 0.2) is 0 Å². The summed E-state index contributed by atoms with van der Waals surface area (Å²) >= 11 is 1.83. The van der Waals surface area contributed by atoms with Gasteiger partial charge < -0.3 is 10.6 Å². The Hall–Kier alpha value is -2.01. The molecule has 2 aromatic rings. The fourth-order valence-corrected chi connectivity index (χ4v) is 2.27. The Morgan fingerprint density at radius 3 is 2.48 bits per heavy atom. The van der Waals surface area contributed by atoms with Crippen LogP contribution in [0.1, 0.15) is 11.1 Å². The van der Waals surface area contributed by atoms with Crippen LogP contribution in [0.3, 0.4) is 0 Å². The molecule has 0 aliphatic carbocycles. The lowest BCUT2D eigenvalue weighted by Crippen LogP contribution is -2.28. The molecule has 0 radical (unpaired) electrons. The zero-order valence-corrected chi connectivity index (χ0v) is 12.8.